The molecular formula is C45H48N7O5+. The zero-order valence-corrected chi connectivity index (χ0v) is 32.3. The predicted molar refractivity (Wildman–Crippen MR) is 207 cm³/mol. The highest BCUT2D eigenvalue weighted by Crippen LogP contribution is 2.48. The predicted octanol–water partition coefficient (Wildman–Crippen LogP) is 5.33. The SMILES string of the molecule is O=C(C[n+]1cc(-c2ncc(C#CC3CC3)cc2OC2CC2)cn1C1CC1Oc1cc(C#CC2CC2)cnc1-c1cnn(CC2OCC3(CC3)CO2)c1)N1CCCC1. The molecule has 12 heteroatoms. The Bertz CT molecular complexity index is 2310. The van der Waals surface area contributed by atoms with Crippen LogP contribution in [0.4, 0.5) is 0 Å². The van der Waals surface area contributed by atoms with Crippen molar-refractivity contribution < 1.29 is 28.4 Å². The normalized spacial score (nSPS) is 23.4. The summed E-state index contributed by atoms with van der Waals surface area (Å²) in [7, 11) is 0. The number of rotatable bonds is 11. The molecule has 2 saturated heterocycles. The lowest BCUT2D eigenvalue weighted by Crippen LogP contribution is -2.49. The molecule has 4 aromatic heterocycles. The molecule has 4 aromatic rings. The molecule has 6 heterocycles. The lowest BCUT2D eigenvalue weighted by atomic mass is 10.1. The molecule has 12 nitrogen and oxygen atoms in total. The average Bonchev–Trinajstić information content (AvgIpc) is 3.95. The first kappa shape index (κ1) is 35.0. The van der Waals surface area contributed by atoms with Gasteiger partial charge >= 0.3 is 0 Å². The van der Waals surface area contributed by atoms with Crippen LogP contribution in [0.1, 0.15) is 87.8 Å². The van der Waals surface area contributed by atoms with Crippen LogP contribution in [-0.2, 0) is 27.4 Å². The third kappa shape index (κ3) is 8.03. The average molecular weight is 767 g/mol. The number of pyridine rings is 2. The fourth-order valence-electron chi connectivity index (χ4n) is 7.71. The molecule has 7 fully saturated rings. The summed E-state index contributed by atoms with van der Waals surface area (Å²) in [6.45, 7) is 3.86. The number of likely N-dealkylation sites (tertiary alicyclic amines) is 1. The Hall–Kier alpha value is -5.17. The summed E-state index contributed by atoms with van der Waals surface area (Å²) in [5.74, 6) is 15.9. The van der Waals surface area contributed by atoms with Crippen LogP contribution < -0.4 is 14.2 Å². The number of amides is 1. The number of aromatic nitrogens is 6. The zero-order chi connectivity index (χ0) is 37.9. The van der Waals surface area contributed by atoms with Crippen molar-refractivity contribution in [2.45, 2.75) is 108 Å². The third-order valence-corrected chi connectivity index (χ3v) is 12.1. The van der Waals surface area contributed by atoms with Crippen LogP contribution in [0.15, 0.2) is 49.3 Å². The first-order valence-corrected chi connectivity index (χ1v) is 21.0. The first-order chi connectivity index (χ1) is 28.0. The van der Waals surface area contributed by atoms with Crippen molar-refractivity contribution in [3.63, 3.8) is 0 Å². The highest BCUT2D eigenvalue weighted by molar-refractivity contribution is 5.75. The van der Waals surface area contributed by atoms with Gasteiger partial charge in [0.1, 0.15) is 35.0 Å². The number of carbonyl (C=O) groups excluding carboxylic acids is 1. The van der Waals surface area contributed by atoms with Crippen molar-refractivity contribution in [3.05, 3.63) is 60.4 Å². The van der Waals surface area contributed by atoms with E-state index in [1.165, 1.54) is 25.7 Å². The van der Waals surface area contributed by atoms with Gasteiger partial charge in [-0.1, -0.05) is 23.7 Å². The van der Waals surface area contributed by atoms with Crippen molar-refractivity contribution in [2.75, 3.05) is 26.3 Å². The minimum absolute atomic E-state index is 0.00579. The summed E-state index contributed by atoms with van der Waals surface area (Å²) >= 11 is 0. The Kier molecular flexibility index (Phi) is 8.81. The Morgan fingerprint density at radius 3 is 2.16 bits per heavy atom. The van der Waals surface area contributed by atoms with Crippen LogP contribution in [0.2, 0.25) is 0 Å². The molecule has 7 aliphatic rings. The van der Waals surface area contributed by atoms with Gasteiger partial charge in [-0.05, 0) is 76.3 Å². The fourth-order valence-corrected chi connectivity index (χ4v) is 7.71. The molecule has 57 heavy (non-hydrogen) atoms. The lowest BCUT2D eigenvalue weighted by molar-refractivity contribution is -0.765. The molecule has 5 aliphatic carbocycles. The van der Waals surface area contributed by atoms with Gasteiger partial charge < -0.3 is 23.8 Å². The van der Waals surface area contributed by atoms with Crippen molar-refractivity contribution in [3.8, 4) is 57.7 Å². The zero-order valence-electron chi connectivity index (χ0n) is 32.3. The molecule has 11 rings (SSSR count). The number of hydrogen-bond donors (Lipinski definition) is 0. The van der Waals surface area contributed by atoms with Gasteiger partial charge in [-0.25, -0.2) is 0 Å². The van der Waals surface area contributed by atoms with E-state index in [-0.39, 0.29) is 42.4 Å². The molecule has 0 bridgehead atoms. The van der Waals surface area contributed by atoms with Crippen LogP contribution in [0.3, 0.4) is 0 Å². The summed E-state index contributed by atoms with van der Waals surface area (Å²) in [4.78, 5) is 25.4. The van der Waals surface area contributed by atoms with E-state index in [0.29, 0.717) is 29.8 Å². The van der Waals surface area contributed by atoms with Gasteiger partial charge in [0.15, 0.2) is 6.29 Å². The third-order valence-electron chi connectivity index (χ3n) is 12.1. The second kappa shape index (κ2) is 14.3. The van der Waals surface area contributed by atoms with E-state index in [1.54, 1.807) is 0 Å². The molecule has 2 atom stereocenters. The largest absolute Gasteiger partial charge is 0.488 e. The molecule has 0 N–H and O–H groups in total. The molecule has 5 saturated carbocycles. The minimum Gasteiger partial charge on any atom is -0.488 e. The van der Waals surface area contributed by atoms with Gasteiger partial charge in [0.05, 0.1) is 43.8 Å². The number of ether oxygens (including phenoxy) is 4. The summed E-state index contributed by atoms with van der Waals surface area (Å²) in [6.07, 6.45) is 23.3. The van der Waals surface area contributed by atoms with Crippen molar-refractivity contribution in [2.24, 2.45) is 17.3 Å². The number of carbonyl (C=O) groups is 1. The van der Waals surface area contributed by atoms with Crippen LogP contribution in [0.5, 0.6) is 11.5 Å². The number of nitrogens with zero attached hydrogens (tertiary/aromatic N) is 7. The lowest BCUT2D eigenvalue weighted by Gasteiger charge is -2.29. The summed E-state index contributed by atoms with van der Waals surface area (Å²) in [5, 5.41) is 4.65. The maximum absolute atomic E-state index is 13.6. The van der Waals surface area contributed by atoms with E-state index in [0.717, 1.165) is 105 Å². The van der Waals surface area contributed by atoms with Crippen molar-refractivity contribution >= 4 is 5.91 Å². The van der Waals surface area contributed by atoms with Crippen molar-refractivity contribution in [1.29, 1.82) is 0 Å². The second-order valence-corrected chi connectivity index (χ2v) is 17.3. The first-order valence-electron chi connectivity index (χ1n) is 21.0. The summed E-state index contributed by atoms with van der Waals surface area (Å²) < 4.78 is 31.4. The van der Waals surface area contributed by atoms with E-state index >= 15 is 0 Å². The molecule has 1 spiro atoms. The minimum atomic E-state index is -0.319. The number of hydrogen-bond acceptors (Lipinski definition) is 8. The standard InChI is InChI=1S/C45H48N7O5/c53-41(49-15-1-2-16-49)26-51-24-35(44-39(56-36-11-12-36)17-32(21-47-44)9-7-30-3-4-30)25-52(51)37-19-38(37)57-40-18-33(10-8-31-5-6-31)20-46-43(40)34-22-48-50(23-34)27-42-54-28-45(13-14-45)29-55-42/h17-18,20-25,30-31,36-38,42H,1-6,11-16,19,26-29H2/q+1. The fraction of sp³-hybridized carbons (Fsp3) is 0.533. The second-order valence-electron chi connectivity index (χ2n) is 17.3. The van der Waals surface area contributed by atoms with Gasteiger partial charge in [-0.2, -0.15) is 9.78 Å². The Morgan fingerprint density at radius 1 is 0.842 bits per heavy atom. The van der Waals surface area contributed by atoms with E-state index < -0.39 is 0 Å². The van der Waals surface area contributed by atoms with Crippen LogP contribution >= 0.6 is 0 Å². The van der Waals surface area contributed by atoms with Gasteiger partial charge in [-0.15, -0.1) is 4.68 Å². The maximum atomic E-state index is 13.6. The van der Waals surface area contributed by atoms with Crippen LogP contribution in [0, 0.1) is 40.9 Å². The van der Waals surface area contributed by atoms with E-state index in [2.05, 4.69) is 39.7 Å². The molecule has 292 valence electrons. The molecule has 1 amide bonds. The van der Waals surface area contributed by atoms with Gasteiger partial charge in [0, 0.05) is 72.0 Å². The molecular weight excluding hydrogens is 719 g/mol. The van der Waals surface area contributed by atoms with Crippen LogP contribution in [-0.4, -0.2) is 80.0 Å². The van der Waals surface area contributed by atoms with Gasteiger partial charge in [-0.3, -0.25) is 19.4 Å². The highest BCUT2D eigenvalue weighted by Gasteiger charge is 2.48. The smallest absolute Gasteiger partial charge is 0.290 e. The van der Waals surface area contributed by atoms with Crippen molar-refractivity contribution in [1.82, 2.24) is 29.3 Å². The molecule has 0 radical (unpaired) electrons. The highest BCUT2D eigenvalue weighted by atomic mass is 16.7. The quantitative estimate of drug-likeness (QED) is 0.149. The topological polar surface area (TPSA) is 110 Å². The molecule has 0 aromatic carbocycles. The summed E-state index contributed by atoms with van der Waals surface area (Å²) in [5.41, 5.74) is 5.18. The Balaban J connectivity index is 0.873. The monoisotopic (exact) mass is 766 g/mol. The Labute approximate surface area is 332 Å². The van der Waals surface area contributed by atoms with Gasteiger partial charge in [0.25, 0.3) is 5.91 Å². The van der Waals surface area contributed by atoms with Crippen LogP contribution in [0.25, 0.3) is 22.5 Å². The van der Waals surface area contributed by atoms with Gasteiger partial charge in [0.2, 0.25) is 12.7 Å². The van der Waals surface area contributed by atoms with E-state index in [1.807, 2.05) is 57.4 Å². The maximum Gasteiger partial charge on any atom is 0.290 e. The molecule has 2 unspecified atom stereocenters. The molecule has 2 aliphatic heterocycles. The van der Waals surface area contributed by atoms with E-state index in [9.17, 15) is 4.79 Å². The summed E-state index contributed by atoms with van der Waals surface area (Å²) in [6, 6.07) is 4.04. The Morgan fingerprint density at radius 2 is 1.51 bits per heavy atom. The van der Waals surface area contributed by atoms with E-state index in [4.69, 9.17) is 28.9 Å².